The van der Waals surface area contributed by atoms with Gasteiger partial charge >= 0.3 is 18.2 Å². The molecule has 2 saturated heterocycles. The van der Waals surface area contributed by atoms with Crippen molar-refractivity contribution in [3.05, 3.63) is 29.6 Å². The van der Waals surface area contributed by atoms with Gasteiger partial charge in [-0.25, -0.2) is 19.0 Å². The van der Waals surface area contributed by atoms with Gasteiger partial charge in [-0.1, -0.05) is 11.3 Å². The lowest BCUT2D eigenvalue weighted by Gasteiger charge is -2.40. The first kappa shape index (κ1) is 35.4. The molecule has 52 heavy (non-hydrogen) atoms. The molecule has 0 aliphatic carbocycles. The average Bonchev–Trinajstić information content (AvgIpc) is 3.72. The lowest BCUT2D eigenvalue weighted by atomic mass is 9.91. The van der Waals surface area contributed by atoms with Crippen LogP contribution in [-0.2, 0) is 11.2 Å². The predicted octanol–water partition coefficient (Wildman–Crippen LogP) is 6.27. The molecule has 5 heterocycles. The molecule has 16 heteroatoms. The van der Waals surface area contributed by atoms with Gasteiger partial charge in [0.05, 0.1) is 46.3 Å². The van der Waals surface area contributed by atoms with Gasteiger partial charge in [0.2, 0.25) is 0 Å². The summed E-state index contributed by atoms with van der Waals surface area (Å²) in [6, 6.07) is 6.95. The van der Waals surface area contributed by atoms with Crippen molar-refractivity contribution in [2.24, 2.45) is 0 Å². The van der Waals surface area contributed by atoms with Gasteiger partial charge in [-0.3, -0.25) is 5.32 Å². The zero-order valence-corrected chi connectivity index (χ0v) is 30.4. The molecule has 0 radical (unpaired) electrons. The summed E-state index contributed by atoms with van der Waals surface area (Å²) in [6.45, 7) is 7.88. The number of fused-ring (bicyclic) bond motifs is 4. The zero-order valence-electron chi connectivity index (χ0n) is 29.6. The Labute approximate surface area is 304 Å². The smallest absolute Gasteiger partial charge is 0.413 e. The predicted molar refractivity (Wildman–Crippen MR) is 194 cm³/mol. The first-order valence-corrected chi connectivity index (χ1v) is 18.3. The van der Waals surface area contributed by atoms with E-state index in [4.69, 9.17) is 24.2 Å². The Hall–Kier alpha value is -5.01. The molecule has 2 aromatic carbocycles. The molecule has 4 aromatic rings. The van der Waals surface area contributed by atoms with E-state index in [-0.39, 0.29) is 41.4 Å². The molecule has 7 rings (SSSR count). The molecule has 0 spiro atoms. The first-order chi connectivity index (χ1) is 24.9. The monoisotopic (exact) mass is 732 g/mol. The van der Waals surface area contributed by atoms with Crippen LogP contribution in [0.5, 0.6) is 11.8 Å². The molecule has 0 saturated carbocycles. The normalized spacial score (nSPS) is 19.3. The van der Waals surface area contributed by atoms with Gasteiger partial charge in [0, 0.05) is 36.8 Å². The molecule has 2 atom stereocenters. The Balaban J connectivity index is 1.36. The molecule has 274 valence electrons. The number of carbonyl (C=O) groups is 2. The summed E-state index contributed by atoms with van der Waals surface area (Å²) in [6.07, 6.45) is 1.74. The lowest BCUT2D eigenvalue weighted by Crippen LogP contribution is -2.55. The highest BCUT2D eigenvalue weighted by Crippen LogP contribution is 2.46. The summed E-state index contributed by atoms with van der Waals surface area (Å²) in [4.78, 5) is 44.7. The van der Waals surface area contributed by atoms with Crippen LogP contribution in [0.4, 0.5) is 24.9 Å². The van der Waals surface area contributed by atoms with Crippen molar-refractivity contribution in [3.63, 3.8) is 0 Å². The first-order valence-electron chi connectivity index (χ1n) is 17.4. The van der Waals surface area contributed by atoms with Gasteiger partial charge in [0.25, 0.3) is 0 Å². The van der Waals surface area contributed by atoms with Gasteiger partial charge < -0.3 is 34.0 Å². The average molecular weight is 733 g/mol. The second-order valence-electron chi connectivity index (χ2n) is 14.4. The number of thiazole rings is 1. The Morgan fingerprint density at radius 1 is 1.15 bits per heavy atom. The number of hydrogen-bond donors (Lipinski definition) is 2. The number of benzene rings is 2. The van der Waals surface area contributed by atoms with E-state index in [0.29, 0.717) is 59.7 Å². The van der Waals surface area contributed by atoms with Crippen molar-refractivity contribution >= 4 is 55.6 Å². The second-order valence-corrected chi connectivity index (χ2v) is 15.4. The summed E-state index contributed by atoms with van der Waals surface area (Å²) >= 11 is 1.02. The van der Waals surface area contributed by atoms with E-state index < -0.39 is 29.6 Å². The molecule has 0 bridgehead atoms. The highest BCUT2D eigenvalue weighted by Gasteiger charge is 2.34. The van der Waals surface area contributed by atoms with Gasteiger partial charge in [0.1, 0.15) is 29.6 Å². The van der Waals surface area contributed by atoms with Crippen LogP contribution in [0.25, 0.3) is 32.2 Å². The third-order valence-electron chi connectivity index (χ3n) is 9.65. The number of piperazine rings is 1. The molecule has 3 aliphatic heterocycles. The van der Waals surface area contributed by atoms with Crippen molar-refractivity contribution in [3.8, 4) is 29.0 Å². The maximum Gasteiger partial charge on any atom is 0.413 e. The van der Waals surface area contributed by atoms with Crippen LogP contribution in [0.15, 0.2) is 18.2 Å². The minimum atomic E-state index is -1.07. The lowest BCUT2D eigenvalue weighted by molar-refractivity contribution is 0.0635. The zero-order chi connectivity index (χ0) is 36.7. The van der Waals surface area contributed by atoms with E-state index in [1.165, 1.54) is 11.0 Å². The number of likely N-dealkylation sites (tertiary alicyclic amines) is 1. The second kappa shape index (κ2) is 14.2. The largest absolute Gasteiger partial charge is 0.492 e. The molecular weight excluding hydrogens is 692 g/mol. The SMILES string of the molecule is CN1CCCC1COc1nc(N2CCN(C(=O)O)C(CC#N)C2)c2c3c(c(-c4ccc(F)c5sc(NC(=O)OC(C)(C)C)nc45)cc2n1)CCCO3. The topological polar surface area (TPSA) is 166 Å². The van der Waals surface area contributed by atoms with Crippen LogP contribution in [0.1, 0.15) is 52.0 Å². The van der Waals surface area contributed by atoms with E-state index >= 15 is 4.39 Å². The number of hydrogen-bond acceptors (Lipinski definition) is 12. The third-order valence-corrected chi connectivity index (χ3v) is 10.6. The molecule has 2 amide bonds. The number of nitrogens with zero attached hydrogens (tertiary/aromatic N) is 7. The summed E-state index contributed by atoms with van der Waals surface area (Å²) in [7, 11) is 2.07. The number of carboxylic acid groups (broad SMARTS) is 1. The standard InChI is InChI=1S/C36H41FN8O6S/c1-36(2,3)51-34(46)42-33-40-28-22(9-10-25(37)30(28)52-33)24-17-26-27(29-23(24)8-6-16-49-29)31(41-32(39-26)50-19-21-7-5-13-43(21)4)44-14-15-45(35(47)48)20(18-44)11-12-38/h9-10,17,20-21H,5-8,11,13-16,18-19H2,1-4H3,(H,47,48)(H,40,42,46). The number of anilines is 2. The number of rotatable bonds is 7. The van der Waals surface area contributed by atoms with Crippen LogP contribution in [0, 0.1) is 17.1 Å². The fourth-order valence-electron chi connectivity index (χ4n) is 7.21. The number of halogens is 1. The van der Waals surface area contributed by atoms with Crippen LogP contribution < -0.4 is 19.7 Å². The van der Waals surface area contributed by atoms with Crippen molar-refractivity contribution < 1.29 is 33.3 Å². The Bertz CT molecular complexity index is 2080. The summed E-state index contributed by atoms with van der Waals surface area (Å²) in [5.41, 5.74) is 2.47. The molecule has 3 aliphatic rings. The molecule has 2 unspecified atom stereocenters. The number of likely N-dealkylation sites (N-methyl/N-ethyl adjacent to an activating group) is 1. The maximum atomic E-state index is 15.3. The van der Waals surface area contributed by atoms with Crippen molar-refractivity contribution in [1.29, 1.82) is 5.26 Å². The van der Waals surface area contributed by atoms with Crippen LogP contribution in [0.3, 0.4) is 0 Å². The van der Waals surface area contributed by atoms with E-state index in [1.807, 2.05) is 11.0 Å². The highest BCUT2D eigenvalue weighted by atomic mass is 32.1. The van der Waals surface area contributed by atoms with E-state index in [2.05, 4.69) is 28.3 Å². The van der Waals surface area contributed by atoms with E-state index in [9.17, 15) is 20.0 Å². The summed E-state index contributed by atoms with van der Waals surface area (Å²) < 4.78 is 33.7. The molecular formula is C36H41FN8O6S. The minimum Gasteiger partial charge on any atom is -0.492 e. The summed E-state index contributed by atoms with van der Waals surface area (Å²) in [5, 5.41) is 22.9. The quantitative estimate of drug-likeness (QED) is 0.219. The number of nitrogens with one attached hydrogen (secondary N) is 1. The van der Waals surface area contributed by atoms with Crippen LogP contribution >= 0.6 is 11.3 Å². The van der Waals surface area contributed by atoms with Crippen LogP contribution in [-0.4, -0.2) is 106 Å². The van der Waals surface area contributed by atoms with Gasteiger partial charge in [-0.15, -0.1) is 0 Å². The third kappa shape index (κ3) is 7.07. The highest BCUT2D eigenvalue weighted by molar-refractivity contribution is 7.22. The number of ether oxygens (including phenoxy) is 3. The van der Waals surface area contributed by atoms with Gasteiger partial charge in [-0.2, -0.15) is 15.2 Å². The van der Waals surface area contributed by atoms with E-state index in [1.54, 1.807) is 26.8 Å². The fraction of sp³-hybridized carbons (Fsp3) is 0.500. The Morgan fingerprint density at radius 2 is 1.98 bits per heavy atom. The number of amides is 2. The summed E-state index contributed by atoms with van der Waals surface area (Å²) in [5.74, 6) is 0.663. The van der Waals surface area contributed by atoms with Crippen molar-refractivity contribution in [2.45, 2.75) is 70.6 Å². The van der Waals surface area contributed by atoms with Crippen molar-refractivity contribution in [2.75, 3.05) is 56.7 Å². The molecule has 2 aromatic heterocycles. The van der Waals surface area contributed by atoms with Crippen molar-refractivity contribution in [1.82, 2.24) is 24.8 Å². The van der Waals surface area contributed by atoms with Gasteiger partial charge in [-0.05, 0) is 83.8 Å². The van der Waals surface area contributed by atoms with Gasteiger partial charge in [0.15, 0.2) is 5.13 Å². The number of carbonyl (C=O) groups excluding carboxylic acids is 1. The Kier molecular flexibility index (Phi) is 9.66. The molecule has 2 N–H and O–H groups in total. The molecule has 14 nitrogen and oxygen atoms in total. The minimum absolute atomic E-state index is 0.0287. The number of nitriles is 1. The van der Waals surface area contributed by atoms with E-state index in [0.717, 1.165) is 48.3 Å². The fourth-order valence-corrected chi connectivity index (χ4v) is 8.09. The Morgan fingerprint density at radius 3 is 2.71 bits per heavy atom. The molecule has 2 fully saturated rings. The number of aromatic nitrogens is 3. The van der Waals surface area contributed by atoms with Crippen LogP contribution in [0.2, 0.25) is 0 Å². The maximum absolute atomic E-state index is 15.3.